The summed E-state index contributed by atoms with van der Waals surface area (Å²) in [5.41, 5.74) is 0. The number of hydrogen-bond donors (Lipinski definition) is 1. The van der Waals surface area contributed by atoms with Crippen molar-refractivity contribution >= 4 is 11.8 Å². The van der Waals surface area contributed by atoms with Crippen LogP contribution in [0.25, 0.3) is 0 Å². The van der Waals surface area contributed by atoms with Crippen LogP contribution in [0.2, 0.25) is 0 Å². The third-order valence-corrected chi connectivity index (χ3v) is 4.92. The molecular weight excluding hydrogens is 182 g/mol. The predicted octanol–water partition coefficient (Wildman–Crippen LogP) is 2.00. The number of methoxy groups -OCH3 is 1. The van der Waals surface area contributed by atoms with Gasteiger partial charge in [-0.2, -0.15) is 0 Å². The first kappa shape index (κ1) is 9.81. The van der Waals surface area contributed by atoms with E-state index in [-0.39, 0.29) is 4.87 Å². The highest BCUT2D eigenvalue weighted by atomic mass is 32.2. The van der Waals surface area contributed by atoms with Crippen molar-refractivity contribution in [2.45, 2.75) is 49.6 Å². The Hall–Kier alpha value is 0.270. The highest BCUT2D eigenvalue weighted by molar-refractivity contribution is 8.01. The van der Waals surface area contributed by atoms with Gasteiger partial charge in [0.1, 0.15) is 0 Å². The fraction of sp³-hybridized carbons (Fsp3) is 1.00. The van der Waals surface area contributed by atoms with Crippen molar-refractivity contribution in [2.75, 3.05) is 12.9 Å². The highest BCUT2D eigenvalue weighted by Gasteiger charge is 2.45. The van der Waals surface area contributed by atoms with E-state index in [1.807, 2.05) is 7.11 Å². The SMILES string of the molecule is COC1CCCCC12NC(C)CS2. The van der Waals surface area contributed by atoms with Gasteiger partial charge in [-0.25, -0.2) is 0 Å². The fourth-order valence-corrected chi connectivity index (χ4v) is 4.13. The van der Waals surface area contributed by atoms with Gasteiger partial charge in [0.15, 0.2) is 0 Å². The molecule has 2 nitrogen and oxygen atoms in total. The normalized spacial score (nSPS) is 45.7. The van der Waals surface area contributed by atoms with Crippen LogP contribution >= 0.6 is 11.8 Å². The molecular formula is C10H19NOS. The molecule has 0 bridgehead atoms. The molecule has 0 amide bonds. The molecule has 1 saturated carbocycles. The number of rotatable bonds is 1. The lowest BCUT2D eigenvalue weighted by Gasteiger charge is -2.40. The Balaban J connectivity index is 2.08. The minimum atomic E-state index is 0.256. The molecule has 3 atom stereocenters. The summed E-state index contributed by atoms with van der Waals surface area (Å²) < 4.78 is 5.59. The van der Waals surface area contributed by atoms with Crippen molar-refractivity contribution in [1.82, 2.24) is 5.32 Å². The molecule has 2 rings (SSSR count). The van der Waals surface area contributed by atoms with Crippen molar-refractivity contribution in [3.63, 3.8) is 0 Å². The largest absolute Gasteiger partial charge is 0.379 e. The first-order chi connectivity index (χ1) is 6.27. The molecule has 1 spiro atoms. The summed E-state index contributed by atoms with van der Waals surface area (Å²) in [6, 6.07) is 0.653. The number of thioether (sulfide) groups is 1. The van der Waals surface area contributed by atoms with Crippen LogP contribution in [0, 0.1) is 0 Å². The summed E-state index contributed by atoms with van der Waals surface area (Å²) in [6.07, 6.45) is 5.61. The molecule has 0 aromatic heterocycles. The predicted molar refractivity (Wildman–Crippen MR) is 57.1 cm³/mol. The van der Waals surface area contributed by atoms with E-state index in [9.17, 15) is 0 Å². The highest BCUT2D eigenvalue weighted by Crippen LogP contribution is 2.43. The Bertz CT molecular complexity index is 184. The van der Waals surface area contributed by atoms with E-state index in [1.165, 1.54) is 31.4 Å². The lowest BCUT2D eigenvalue weighted by atomic mass is 9.91. The molecule has 1 aliphatic carbocycles. The van der Waals surface area contributed by atoms with Crippen LogP contribution in [0.15, 0.2) is 0 Å². The molecule has 76 valence electrons. The molecule has 1 saturated heterocycles. The van der Waals surface area contributed by atoms with Gasteiger partial charge in [0.25, 0.3) is 0 Å². The molecule has 0 radical (unpaired) electrons. The molecule has 0 aromatic rings. The zero-order valence-corrected chi connectivity index (χ0v) is 9.32. The Kier molecular flexibility index (Phi) is 2.86. The summed E-state index contributed by atoms with van der Waals surface area (Å²) in [4.78, 5) is 0.256. The van der Waals surface area contributed by atoms with Gasteiger partial charge in [0.2, 0.25) is 0 Å². The monoisotopic (exact) mass is 201 g/mol. The number of nitrogens with one attached hydrogen (secondary N) is 1. The molecule has 13 heavy (non-hydrogen) atoms. The van der Waals surface area contributed by atoms with Crippen LogP contribution in [0.4, 0.5) is 0 Å². The molecule has 2 fully saturated rings. The van der Waals surface area contributed by atoms with E-state index in [2.05, 4.69) is 24.0 Å². The summed E-state index contributed by atoms with van der Waals surface area (Å²) in [6.45, 7) is 2.27. The van der Waals surface area contributed by atoms with Gasteiger partial charge in [-0.05, 0) is 19.8 Å². The zero-order chi connectivity index (χ0) is 9.31. The summed E-state index contributed by atoms with van der Waals surface area (Å²) >= 11 is 2.07. The first-order valence-corrected chi connectivity index (χ1v) is 6.20. The Morgan fingerprint density at radius 2 is 2.31 bits per heavy atom. The topological polar surface area (TPSA) is 21.3 Å². The average Bonchev–Trinajstić information content (AvgIpc) is 2.49. The maximum Gasteiger partial charge on any atom is 0.0912 e. The van der Waals surface area contributed by atoms with Gasteiger partial charge in [-0.1, -0.05) is 12.8 Å². The molecule has 1 heterocycles. The third kappa shape index (κ3) is 1.74. The van der Waals surface area contributed by atoms with Crippen LogP contribution in [0.1, 0.15) is 32.6 Å². The van der Waals surface area contributed by atoms with Crippen molar-refractivity contribution in [1.29, 1.82) is 0 Å². The van der Waals surface area contributed by atoms with E-state index >= 15 is 0 Å². The lowest BCUT2D eigenvalue weighted by Crippen LogP contribution is -2.52. The van der Waals surface area contributed by atoms with E-state index in [1.54, 1.807) is 0 Å². The average molecular weight is 201 g/mol. The summed E-state index contributed by atoms with van der Waals surface area (Å²) in [5, 5.41) is 3.71. The number of hydrogen-bond acceptors (Lipinski definition) is 3. The van der Waals surface area contributed by atoms with Gasteiger partial charge in [-0.15, -0.1) is 11.8 Å². The van der Waals surface area contributed by atoms with Crippen LogP contribution in [-0.4, -0.2) is 29.9 Å². The van der Waals surface area contributed by atoms with Crippen LogP contribution in [0.5, 0.6) is 0 Å². The summed E-state index contributed by atoms with van der Waals surface area (Å²) in [7, 11) is 1.85. The molecule has 1 N–H and O–H groups in total. The van der Waals surface area contributed by atoms with Gasteiger partial charge in [0, 0.05) is 18.9 Å². The van der Waals surface area contributed by atoms with Crippen molar-refractivity contribution in [2.24, 2.45) is 0 Å². The molecule has 1 aliphatic heterocycles. The van der Waals surface area contributed by atoms with Gasteiger partial charge in [0.05, 0.1) is 11.0 Å². The van der Waals surface area contributed by atoms with Crippen molar-refractivity contribution in [3.8, 4) is 0 Å². The van der Waals surface area contributed by atoms with Crippen LogP contribution in [0.3, 0.4) is 0 Å². The Labute approximate surface area is 84.8 Å². The molecule has 2 aliphatic rings. The van der Waals surface area contributed by atoms with Crippen molar-refractivity contribution < 1.29 is 4.74 Å². The molecule has 3 heteroatoms. The zero-order valence-electron chi connectivity index (χ0n) is 8.51. The quantitative estimate of drug-likeness (QED) is 0.701. The fourth-order valence-electron chi connectivity index (χ4n) is 2.52. The van der Waals surface area contributed by atoms with Crippen molar-refractivity contribution in [3.05, 3.63) is 0 Å². The lowest BCUT2D eigenvalue weighted by molar-refractivity contribution is 0.0286. The Morgan fingerprint density at radius 1 is 1.46 bits per heavy atom. The van der Waals surface area contributed by atoms with Crippen LogP contribution in [-0.2, 0) is 4.74 Å². The number of ether oxygens (including phenoxy) is 1. The standard InChI is InChI=1S/C10H19NOS/c1-8-7-13-10(11-8)6-4-3-5-9(10)12-2/h8-9,11H,3-7H2,1-2H3. The second-order valence-electron chi connectivity index (χ2n) is 4.22. The van der Waals surface area contributed by atoms with E-state index in [4.69, 9.17) is 4.74 Å². The molecule has 3 unspecified atom stereocenters. The molecule has 0 aromatic carbocycles. The smallest absolute Gasteiger partial charge is 0.0912 e. The van der Waals surface area contributed by atoms with Crippen LogP contribution < -0.4 is 5.32 Å². The first-order valence-electron chi connectivity index (χ1n) is 5.21. The Morgan fingerprint density at radius 3 is 2.92 bits per heavy atom. The van der Waals surface area contributed by atoms with Gasteiger partial charge in [-0.3, -0.25) is 5.32 Å². The maximum atomic E-state index is 5.59. The van der Waals surface area contributed by atoms with E-state index in [0.29, 0.717) is 12.1 Å². The van der Waals surface area contributed by atoms with E-state index < -0.39 is 0 Å². The van der Waals surface area contributed by atoms with Gasteiger partial charge < -0.3 is 4.74 Å². The minimum absolute atomic E-state index is 0.256. The minimum Gasteiger partial charge on any atom is -0.379 e. The maximum absolute atomic E-state index is 5.59. The summed E-state index contributed by atoms with van der Waals surface area (Å²) in [5.74, 6) is 1.24. The second kappa shape index (κ2) is 3.79. The van der Waals surface area contributed by atoms with E-state index in [0.717, 1.165) is 0 Å². The third-order valence-electron chi connectivity index (χ3n) is 3.15. The second-order valence-corrected chi connectivity index (χ2v) is 5.57. The van der Waals surface area contributed by atoms with Gasteiger partial charge >= 0.3 is 0 Å².